The molecule has 2 nitrogen and oxygen atoms in total. The van der Waals surface area contributed by atoms with Crippen LogP contribution in [-0.4, -0.2) is 31.1 Å². The molecule has 0 spiro atoms. The zero-order chi connectivity index (χ0) is 13.7. The van der Waals surface area contributed by atoms with Crippen LogP contribution in [0, 0.1) is 5.92 Å². The maximum absolute atomic E-state index is 6.14. The average molecular weight is 281 g/mol. The Bertz CT molecular complexity index is 394. The van der Waals surface area contributed by atoms with Gasteiger partial charge in [-0.25, -0.2) is 0 Å². The summed E-state index contributed by atoms with van der Waals surface area (Å²) in [5.74, 6) is 0.832. The summed E-state index contributed by atoms with van der Waals surface area (Å²) in [5.41, 5.74) is 1.04. The number of rotatable bonds is 5. The van der Waals surface area contributed by atoms with Gasteiger partial charge in [0.05, 0.1) is 10.7 Å². The van der Waals surface area contributed by atoms with Gasteiger partial charge in [-0.15, -0.1) is 0 Å². The van der Waals surface area contributed by atoms with Crippen molar-refractivity contribution in [3.8, 4) is 0 Å². The van der Waals surface area contributed by atoms with E-state index in [0.29, 0.717) is 0 Å². The van der Waals surface area contributed by atoms with Crippen LogP contribution in [0.15, 0.2) is 24.3 Å². The van der Waals surface area contributed by atoms with Crippen LogP contribution in [0.3, 0.4) is 0 Å². The topological polar surface area (TPSA) is 15.3 Å². The van der Waals surface area contributed by atoms with Gasteiger partial charge < -0.3 is 10.2 Å². The van der Waals surface area contributed by atoms with E-state index in [-0.39, 0.29) is 0 Å². The minimum absolute atomic E-state index is 0.752. The van der Waals surface area contributed by atoms with E-state index in [1.807, 2.05) is 24.3 Å². The molecule has 2 atom stereocenters. The number of nitrogens with zero attached hydrogens (tertiary/aromatic N) is 1. The Morgan fingerprint density at radius 2 is 2.00 bits per heavy atom. The van der Waals surface area contributed by atoms with Gasteiger partial charge in [-0.05, 0) is 37.9 Å². The van der Waals surface area contributed by atoms with Gasteiger partial charge in [0.1, 0.15) is 0 Å². The molecule has 19 heavy (non-hydrogen) atoms. The zero-order valence-corrected chi connectivity index (χ0v) is 12.8. The number of hydrogen-bond acceptors (Lipinski definition) is 2. The van der Waals surface area contributed by atoms with Crippen LogP contribution in [0.2, 0.25) is 5.02 Å². The molecule has 0 aliphatic heterocycles. The van der Waals surface area contributed by atoms with Gasteiger partial charge in [-0.1, -0.05) is 43.5 Å². The van der Waals surface area contributed by atoms with Crippen molar-refractivity contribution in [2.75, 3.05) is 25.5 Å². The molecule has 1 aliphatic carbocycles. The van der Waals surface area contributed by atoms with Crippen LogP contribution in [-0.2, 0) is 0 Å². The van der Waals surface area contributed by atoms with Crippen molar-refractivity contribution in [2.24, 2.45) is 5.92 Å². The van der Waals surface area contributed by atoms with Crippen LogP contribution >= 0.6 is 11.6 Å². The maximum atomic E-state index is 6.14. The SMILES string of the molecule is CC1CCCCC1N(C)CCNc1ccccc1Cl. The molecule has 0 radical (unpaired) electrons. The molecule has 1 aromatic rings. The van der Waals surface area contributed by atoms with E-state index in [1.165, 1.54) is 25.7 Å². The van der Waals surface area contributed by atoms with Gasteiger partial charge in [-0.2, -0.15) is 0 Å². The fraction of sp³-hybridized carbons (Fsp3) is 0.625. The molecule has 3 heteroatoms. The largest absolute Gasteiger partial charge is 0.383 e. The standard InChI is InChI=1S/C16H25ClN2/c1-13-7-3-6-10-16(13)19(2)12-11-18-15-9-5-4-8-14(15)17/h4-5,8-9,13,16,18H,3,6-7,10-12H2,1-2H3. The second-order valence-electron chi connectivity index (χ2n) is 5.72. The molecule has 1 N–H and O–H groups in total. The molecule has 0 bridgehead atoms. The van der Waals surface area contributed by atoms with E-state index >= 15 is 0 Å². The Balaban J connectivity index is 1.77. The number of benzene rings is 1. The highest BCUT2D eigenvalue weighted by atomic mass is 35.5. The van der Waals surface area contributed by atoms with Gasteiger partial charge >= 0.3 is 0 Å². The predicted octanol–water partition coefficient (Wildman–Crippen LogP) is 4.26. The van der Waals surface area contributed by atoms with Crippen molar-refractivity contribution in [2.45, 2.75) is 38.6 Å². The van der Waals surface area contributed by atoms with Gasteiger partial charge in [0.15, 0.2) is 0 Å². The third kappa shape index (κ3) is 4.12. The molecule has 2 unspecified atom stereocenters. The van der Waals surface area contributed by atoms with Crippen molar-refractivity contribution in [3.05, 3.63) is 29.3 Å². The lowest BCUT2D eigenvalue weighted by molar-refractivity contribution is 0.144. The first-order valence-electron chi connectivity index (χ1n) is 7.37. The van der Waals surface area contributed by atoms with Crippen LogP contribution in [0.25, 0.3) is 0 Å². The first-order chi connectivity index (χ1) is 9.18. The Morgan fingerprint density at radius 3 is 2.74 bits per heavy atom. The molecule has 1 aliphatic rings. The molecule has 1 saturated carbocycles. The van der Waals surface area contributed by atoms with Crippen molar-refractivity contribution < 1.29 is 0 Å². The number of nitrogens with one attached hydrogen (secondary N) is 1. The molecule has 0 saturated heterocycles. The summed E-state index contributed by atoms with van der Waals surface area (Å²) >= 11 is 6.14. The van der Waals surface area contributed by atoms with E-state index in [9.17, 15) is 0 Å². The van der Waals surface area contributed by atoms with Crippen LogP contribution in [0.1, 0.15) is 32.6 Å². The summed E-state index contributed by atoms with van der Waals surface area (Å²) in [6, 6.07) is 8.69. The number of halogens is 1. The Kier molecular flexibility index (Phi) is 5.53. The lowest BCUT2D eigenvalue weighted by atomic mass is 9.85. The molecule has 106 valence electrons. The maximum Gasteiger partial charge on any atom is 0.0637 e. The van der Waals surface area contributed by atoms with Crippen LogP contribution in [0.5, 0.6) is 0 Å². The van der Waals surface area contributed by atoms with Crippen molar-refractivity contribution >= 4 is 17.3 Å². The van der Waals surface area contributed by atoms with Crippen molar-refractivity contribution in [1.82, 2.24) is 4.90 Å². The minimum atomic E-state index is 0.752. The second-order valence-corrected chi connectivity index (χ2v) is 6.12. The fourth-order valence-electron chi connectivity index (χ4n) is 3.09. The summed E-state index contributed by atoms with van der Waals surface area (Å²) in [5, 5.41) is 4.23. The highest BCUT2D eigenvalue weighted by Gasteiger charge is 2.24. The minimum Gasteiger partial charge on any atom is -0.383 e. The third-order valence-electron chi connectivity index (χ3n) is 4.29. The zero-order valence-electron chi connectivity index (χ0n) is 12.0. The number of hydrogen-bond donors (Lipinski definition) is 1. The lowest BCUT2D eigenvalue weighted by Crippen LogP contribution is -2.41. The molecule has 0 aromatic heterocycles. The van der Waals surface area contributed by atoms with Gasteiger partial charge in [0, 0.05) is 19.1 Å². The number of anilines is 1. The van der Waals surface area contributed by atoms with Gasteiger partial charge in [0.25, 0.3) is 0 Å². The highest BCUT2D eigenvalue weighted by Crippen LogP contribution is 2.27. The van der Waals surface area contributed by atoms with E-state index in [0.717, 1.165) is 35.8 Å². The summed E-state index contributed by atoms with van der Waals surface area (Å²) in [6.07, 6.45) is 5.53. The normalized spacial score (nSPS) is 23.6. The molecule has 1 aromatic carbocycles. The predicted molar refractivity (Wildman–Crippen MR) is 84.0 cm³/mol. The summed E-state index contributed by atoms with van der Waals surface area (Å²) in [7, 11) is 2.25. The molecule has 0 amide bonds. The molecule has 2 rings (SSSR count). The quantitative estimate of drug-likeness (QED) is 0.867. The van der Waals surface area contributed by atoms with E-state index in [2.05, 4.69) is 24.2 Å². The monoisotopic (exact) mass is 280 g/mol. The first kappa shape index (κ1) is 14.7. The molecule has 0 heterocycles. The van der Waals surface area contributed by atoms with Crippen LogP contribution in [0.4, 0.5) is 5.69 Å². The van der Waals surface area contributed by atoms with E-state index in [1.54, 1.807) is 0 Å². The smallest absolute Gasteiger partial charge is 0.0637 e. The lowest BCUT2D eigenvalue weighted by Gasteiger charge is -2.36. The average Bonchev–Trinajstić information content (AvgIpc) is 2.41. The van der Waals surface area contributed by atoms with Gasteiger partial charge in [0.2, 0.25) is 0 Å². The first-order valence-corrected chi connectivity index (χ1v) is 7.75. The van der Waals surface area contributed by atoms with Crippen molar-refractivity contribution in [3.63, 3.8) is 0 Å². The van der Waals surface area contributed by atoms with Crippen molar-refractivity contribution in [1.29, 1.82) is 0 Å². The van der Waals surface area contributed by atoms with Gasteiger partial charge in [-0.3, -0.25) is 0 Å². The number of likely N-dealkylation sites (N-methyl/N-ethyl adjacent to an activating group) is 1. The Morgan fingerprint density at radius 1 is 1.26 bits per heavy atom. The van der Waals surface area contributed by atoms with E-state index in [4.69, 9.17) is 11.6 Å². The molecule has 1 fully saturated rings. The second kappa shape index (κ2) is 7.16. The van der Waals surface area contributed by atoms with Crippen LogP contribution < -0.4 is 5.32 Å². The molecular weight excluding hydrogens is 256 g/mol. The summed E-state index contributed by atoms with van der Waals surface area (Å²) in [6.45, 7) is 4.41. The summed E-state index contributed by atoms with van der Waals surface area (Å²) < 4.78 is 0. The fourth-order valence-corrected chi connectivity index (χ4v) is 3.29. The highest BCUT2D eigenvalue weighted by molar-refractivity contribution is 6.33. The third-order valence-corrected chi connectivity index (χ3v) is 4.62. The Labute approximate surface area is 122 Å². The number of para-hydroxylation sites is 1. The summed E-state index contributed by atoms with van der Waals surface area (Å²) in [4.78, 5) is 2.51. The Hall–Kier alpha value is -0.730. The van der Waals surface area contributed by atoms with E-state index < -0.39 is 0 Å². The molecular formula is C16H25ClN2.